The third-order valence-corrected chi connectivity index (χ3v) is 7.13. The SMILES string of the molecule is Cc1ccsc1C(=O)[C@@H]1CCCN(C2CCN(Cc3ccccn3)CC2)C1. The first-order valence-electron chi connectivity index (χ1n) is 10.2. The third kappa shape index (κ3) is 4.48. The highest BCUT2D eigenvalue weighted by Gasteiger charge is 2.32. The van der Waals surface area contributed by atoms with Gasteiger partial charge in [-0.05, 0) is 68.3 Å². The van der Waals surface area contributed by atoms with Crippen LogP contribution in [0.4, 0.5) is 0 Å². The molecule has 5 heteroatoms. The quantitative estimate of drug-likeness (QED) is 0.731. The van der Waals surface area contributed by atoms with Crippen molar-refractivity contribution in [3.05, 3.63) is 52.0 Å². The Kier molecular flexibility index (Phi) is 6.01. The molecule has 2 saturated heterocycles. The maximum atomic E-state index is 12.9. The molecule has 0 bridgehead atoms. The van der Waals surface area contributed by atoms with Crippen LogP contribution in [0.25, 0.3) is 0 Å². The summed E-state index contributed by atoms with van der Waals surface area (Å²) >= 11 is 1.61. The number of piperidine rings is 2. The third-order valence-electron chi connectivity index (χ3n) is 6.09. The van der Waals surface area contributed by atoms with Crippen molar-refractivity contribution in [2.75, 3.05) is 26.2 Å². The summed E-state index contributed by atoms with van der Waals surface area (Å²) in [5.74, 6) is 0.558. The van der Waals surface area contributed by atoms with Crippen LogP contribution in [-0.2, 0) is 6.54 Å². The van der Waals surface area contributed by atoms with Gasteiger partial charge in [0.2, 0.25) is 0 Å². The number of hydrogen-bond donors (Lipinski definition) is 0. The molecule has 27 heavy (non-hydrogen) atoms. The molecule has 0 unspecified atom stereocenters. The Bertz CT molecular complexity index is 752. The maximum Gasteiger partial charge on any atom is 0.177 e. The number of nitrogens with zero attached hydrogens (tertiary/aromatic N) is 3. The fourth-order valence-electron chi connectivity index (χ4n) is 4.53. The number of carbonyl (C=O) groups is 1. The summed E-state index contributed by atoms with van der Waals surface area (Å²) in [6.45, 7) is 7.36. The molecule has 4 heterocycles. The lowest BCUT2D eigenvalue weighted by Crippen LogP contribution is -2.49. The summed E-state index contributed by atoms with van der Waals surface area (Å²) in [6, 6.07) is 8.84. The predicted molar refractivity (Wildman–Crippen MR) is 110 cm³/mol. The van der Waals surface area contributed by atoms with Crippen LogP contribution in [0.3, 0.4) is 0 Å². The zero-order valence-electron chi connectivity index (χ0n) is 16.1. The van der Waals surface area contributed by atoms with Crippen molar-refractivity contribution in [3.63, 3.8) is 0 Å². The molecule has 0 saturated carbocycles. The minimum atomic E-state index is 0.183. The smallest absolute Gasteiger partial charge is 0.177 e. The van der Waals surface area contributed by atoms with E-state index >= 15 is 0 Å². The van der Waals surface area contributed by atoms with Crippen LogP contribution in [0.1, 0.15) is 46.6 Å². The number of ketones is 1. The molecule has 2 aromatic heterocycles. The number of aromatic nitrogens is 1. The Labute approximate surface area is 166 Å². The Morgan fingerprint density at radius 3 is 2.74 bits per heavy atom. The molecule has 0 radical (unpaired) electrons. The summed E-state index contributed by atoms with van der Waals surface area (Å²) in [5.41, 5.74) is 2.30. The molecule has 2 aromatic rings. The molecule has 4 nitrogen and oxygen atoms in total. The standard InChI is InChI=1S/C22H29N3OS/c1-17-9-14-27-22(17)21(26)18-5-4-11-25(15-18)20-7-12-24(13-8-20)16-19-6-2-3-10-23-19/h2-3,6,9-10,14,18,20H,4-5,7-8,11-13,15-16H2,1H3/t18-/m1/s1. The zero-order chi connectivity index (χ0) is 18.6. The lowest BCUT2D eigenvalue weighted by atomic mass is 9.90. The summed E-state index contributed by atoms with van der Waals surface area (Å²) in [4.78, 5) is 23.5. The lowest BCUT2D eigenvalue weighted by molar-refractivity contribution is 0.0585. The number of likely N-dealkylation sites (tertiary alicyclic amines) is 2. The summed E-state index contributed by atoms with van der Waals surface area (Å²) in [7, 11) is 0. The molecule has 4 rings (SSSR count). The van der Waals surface area contributed by atoms with Crippen molar-refractivity contribution in [3.8, 4) is 0 Å². The lowest BCUT2D eigenvalue weighted by Gasteiger charge is -2.42. The maximum absolute atomic E-state index is 12.9. The first kappa shape index (κ1) is 18.8. The van der Waals surface area contributed by atoms with E-state index in [4.69, 9.17) is 0 Å². The molecule has 2 aliphatic heterocycles. The van der Waals surface area contributed by atoms with Gasteiger partial charge in [0.15, 0.2) is 5.78 Å². The molecular formula is C22H29N3OS. The van der Waals surface area contributed by atoms with Gasteiger partial charge in [0.05, 0.1) is 10.6 Å². The van der Waals surface area contributed by atoms with Gasteiger partial charge >= 0.3 is 0 Å². The molecule has 0 spiro atoms. The van der Waals surface area contributed by atoms with E-state index in [1.807, 2.05) is 17.6 Å². The van der Waals surface area contributed by atoms with E-state index in [1.165, 1.54) is 12.8 Å². The van der Waals surface area contributed by atoms with E-state index in [2.05, 4.69) is 39.9 Å². The number of hydrogen-bond acceptors (Lipinski definition) is 5. The average molecular weight is 384 g/mol. The Hall–Kier alpha value is -1.56. The van der Waals surface area contributed by atoms with Gasteiger partial charge in [0.1, 0.15) is 0 Å². The van der Waals surface area contributed by atoms with Crippen LogP contribution in [0.5, 0.6) is 0 Å². The van der Waals surface area contributed by atoms with Gasteiger partial charge in [0, 0.05) is 44.3 Å². The largest absolute Gasteiger partial charge is 0.300 e. The van der Waals surface area contributed by atoms with Gasteiger partial charge in [-0.1, -0.05) is 6.07 Å². The molecular weight excluding hydrogens is 354 g/mol. The first-order chi connectivity index (χ1) is 13.2. The van der Waals surface area contributed by atoms with Crippen molar-refractivity contribution in [2.24, 2.45) is 5.92 Å². The topological polar surface area (TPSA) is 36.4 Å². The second-order valence-electron chi connectivity index (χ2n) is 7.96. The Morgan fingerprint density at radius 2 is 2.04 bits per heavy atom. The van der Waals surface area contributed by atoms with Crippen molar-refractivity contribution >= 4 is 17.1 Å². The molecule has 2 aliphatic rings. The summed E-state index contributed by atoms with van der Waals surface area (Å²) in [6.07, 6.45) is 6.47. The Balaban J connectivity index is 1.30. The number of carbonyl (C=O) groups excluding carboxylic acids is 1. The van der Waals surface area contributed by atoms with Crippen LogP contribution >= 0.6 is 11.3 Å². The van der Waals surface area contributed by atoms with E-state index in [1.54, 1.807) is 11.3 Å². The monoisotopic (exact) mass is 383 g/mol. The van der Waals surface area contributed by atoms with Gasteiger partial charge in [-0.3, -0.25) is 19.6 Å². The van der Waals surface area contributed by atoms with E-state index in [9.17, 15) is 4.79 Å². The summed E-state index contributed by atoms with van der Waals surface area (Å²) < 4.78 is 0. The highest BCUT2D eigenvalue weighted by Crippen LogP contribution is 2.28. The van der Waals surface area contributed by atoms with Crippen LogP contribution in [0.2, 0.25) is 0 Å². The molecule has 0 amide bonds. The molecule has 2 fully saturated rings. The number of rotatable bonds is 5. The minimum absolute atomic E-state index is 0.183. The molecule has 1 atom stereocenters. The van der Waals surface area contributed by atoms with Gasteiger partial charge in [-0.25, -0.2) is 0 Å². The van der Waals surface area contributed by atoms with Crippen molar-refractivity contribution in [1.82, 2.24) is 14.8 Å². The van der Waals surface area contributed by atoms with Crippen molar-refractivity contribution in [2.45, 2.75) is 45.2 Å². The molecule has 0 aromatic carbocycles. The van der Waals surface area contributed by atoms with E-state index < -0.39 is 0 Å². The van der Waals surface area contributed by atoms with Gasteiger partial charge in [-0.15, -0.1) is 11.3 Å². The van der Waals surface area contributed by atoms with E-state index in [0.717, 1.165) is 61.7 Å². The second kappa shape index (κ2) is 8.63. The number of Topliss-reactive ketones (excluding diaryl/α,β-unsaturated/α-hetero) is 1. The van der Waals surface area contributed by atoms with Gasteiger partial charge in [-0.2, -0.15) is 0 Å². The number of thiophene rings is 1. The first-order valence-corrected chi connectivity index (χ1v) is 11.0. The van der Waals surface area contributed by atoms with Gasteiger partial charge < -0.3 is 0 Å². The van der Waals surface area contributed by atoms with Gasteiger partial charge in [0.25, 0.3) is 0 Å². The highest BCUT2D eigenvalue weighted by atomic mass is 32.1. The number of pyridine rings is 1. The van der Waals surface area contributed by atoms with E-state index in [0.29, 0.717) is 11.8 Å². The van der Waals surface area contributed by atoms with Crippen molar-refractivity contribution in [1.29, 1.82) is 0 Å². The van der Waals surface area contributed by atoms with Crippen molar-refractivity contribution < 1.29 is 4.79 Å². The second-order valence-corrected chi connectivity index (χ2v) is 8.88. The number of aryl methyl sites for hydroxylation is 1. The Morgan fingerprint density at radius 1 is 1.19 bits per heavy atom. The zero-order valence-corrected chi connectivity index (χ0v) is 17.0. The molecule has 144 valence electrons. The minimum Gasteiger partial charge on any atom is -0.300 e. The van der Waals surface area contributed by atoms with E-state index in [-0.39, 0.29) is 5.92 Å². The fourth-order valence-corrected chi connectivity index (χ4v) is 5.47. The summed E-state index contributed by atoms with van der Waals surface area (Å²) in [5, 5.41) is 2.04. The normalized spacial score (nSPS) is 22.8. The molecule has 0 N–H and O–H groups in total. The molecule has 0 aliphatic carbocycles. The highest BCUT2D eigenvalue weighted by molar-refractivity contribution is 7.12. The van der Waals surface area contributed by atoms with Crippen LogP contribution in [0, 0.1) is 12.8 Å². The van der Waals surface area contributed by atoms with Crippen LogP contribution < -0.4 is 0 Å². The van der Waals surface area contributed by atoms with Crippen LogP contribution in [0.15, 0.2) is 35.8 Å². The fraction of sp³-hybridized carbons (Fsp3) is 0.545. The predicted octanol–water partition coefficient (Wildman–Crippen LogP) is 4.01. The van der Waals surface area contributed by atoms with Crippen LogP contribution in [-0.4, -0.2) is 52.8 Å². The average Bonchev–Trinajstić information content (AvgIpc) is 3.15.